The highest BCUT2D eigenvalue weighted by molar-refractivity contribution is 5.99. The smallest absolute Gasteiger partial charge is 0.410 e. The number of nitrogens with zero attached hydrogens (tertiary/aromatic N) is 3. The number of ether oxygens (including phenoxy) is 2. The summed E-state index contributed by atoms with van der Waals surface area (Å²) < 4.78 is 11.4. The molecule has 0 spiro atoms. The molecule has 192 valence electrons. The zero-order valence-corrected chi connectivity index (χ0v) is 21.3. The molecule has 1 aliphatic carbocycles. The van der Waals surface area contributed by atoms with Gasteiger partial charge in [0.15, 0.2) is 5.78 Å². The Labute approximate surface area is 208 Å². The maximum Gasteiger partial charge on any atom is 0.410 e. The van der Waals surface area contributed by atoms with Crippen molar-refractivity contribution in [3.8, 4) is 5.75 Å². The number of likely N-dealkylation sites (tertiary alicyclic amines) is 1. The quantitative estimate of drug-likeness (QED) is 0.414. The number of carbonyl (C=O) groups excluding carboxylic acids is 3. The summed E-state index contributed by atoms with van der Waals surface area (Å²) in [6.07, 6.45) is 4.07. The lowest BCUT2D eigenvalue weighted by Gasteiger charge is -2.37. The summed E-state index contributed by atoms with van der Waals surface area (Å²) in [5.74, 6) is 1.32. The summed E-state index contributed by atoms with van der Waals surface area (Å²) >= 11 is 0. The van der Waals surface area contributed by atoms with E-state index in [0.29, 0.717) is 32.7 Å². The Morgan fingerprint density at radius 2 is 1.63 bits per heavy atom. The Kier molecular flexibility index (Phi) is 7.99. The number of carbonyl (C=O) groups is 3. The zero-order valence-electron chi connectivity index (χ0n) is 21.3. The van der Waals surface area contributed by atoms with Crippen molar-refractivity contribution in [1.29, 1.82) is 0 Å². The molecule has 3 aliphatic rings. The third kappa shape index (κ3) is 6.97. The fourth-order valence-corrected chi connectivity index (χ4v) is 4.74. The van der Waals surface area contributed by atoms with Crippen LogP contribution in [0.3, 0.4) is 0 Å². The van der Waals surface area contributed by atoms with E-state index < -0.39 is 17.7 Å². The average molecular weight is 486 g/mol. The van der Waals surface area contributed by atoms with Gasteiger partial charge in [-0.25, -0.2) is 4.79 Å². The second-order valence-electron chi connectivity index (χ2n) is 10.9. The van der Waals surface area contributed by atoms with Crippen molar-refractivity contribution in [3.05, 3.63) is 29.8 Å². The molecule has 0 aromatic heterocycles. The third-order valence-corrected chi connectivity index (χ3v) is 6.82. The molecule has 0 N–H and O–H groups in total. The maximum absolute atomic E-state index is 13.1. The van der Waals surface area contributed by atoms with Crippen molar-refractivity contribution in [1.82, 2.24) is 14.7 Å². The maximum atomic E-state index is 13.1. The number of hydrogen-bond donors (Lipinski definition) is 0. The molecule has 0 unspecified atom stereocenters. The lowest BCUT2D eigenvalue weighted by molar-refractivity contribution is -0.137. The van der Waals surface area contributed by atoms with Gasteiger partial charge >= 0.3 is 6.09 Å². The van der Waals surface area contributed by atoms with Gasteiger partial charge in [-0.15, -0.1) is 0 Å². The summed E-state index contributed by atoms with van der Waals surface area (Å²) in [4.78, 5) is 43.6. The van der Waals surface area contributed by atoms with E-state index in [4.69, 9.17) is 9.47 Å². The van der Waals surface area contributed by atoms with Gasteiger partial charge in [-0.3, -0.25) is 19.4 Å². The van der Waals surface area contributed by atoms with Gasteiger partial charge in [0.25, 0.3) is 0 Å². The largest absolute Gasteiger partial charge is 0.494 e. The monoisotopic (exact) mass is 485 g/mol. The predicted octanol–water partition coefficient (Wildman–Crippen LogP) is 3.59. The number of piperazine rings is 1. The van der Waals surface area contributed by atoms with E-state index in [1.165, 1.54) is 0 Å². The van der Waals surface area contributed by atoms with Crippen molar-refractivity contribution in [3.63, 3.8) is 0 Å². The van der Waals surface area contributed by atoms with Gasteiger partial charge in [0.05, 0.1) is 6.61 Å². The molecule has 2 heterocycles. The van der Waals surface area contributed by atoms with Gasteiger partial charge in [0.1, 0.15) is 17.4 Å². The fraction of sp³-hybridized carbons (Fsp3) is 0.667. The van der Waals surface area contributed by atoms with Crippen molar-refractivity contribution in [2.45, 2.75) is 64.5 Å². The van der Waals surface area contributed by atoms with Crippen LogP contribution in [-0.2, 0) is 9.53 Å². The van der Waals surface area contributed by atoms with Crippen LogP contribution in [0.1, 0.15) is 63.2 Å². The van der Waals surface area contributed by atoms with Crippen LogP contribution in [-0.4, -0.2) is 90.0 Å². The molecule has 1 saturated carbocycles. The molecule has 0 radical (unpaired) electrons. The van der Waals surface area contributed by atoms with E-state index in [1.807, 2.05) is 49.9 Å². The Balaban J connectivity index is 1.15. The van der Waals surface area contributed by atoms with Crippen LogP contribution in [0.5, 0.6) is 5.75 Å². The Morgan fingerprint density at radius 3 is 2.26 bits per heavy atom. The Hall–Kier alpha value is -2.61. The third-order valence-electron chi connectivity index (χ3n) is 6.82. The molecule has 4 rings (SSSR count). The normalized spacial score (nSPS) is 21.2. The molecule has 2 aliphatic heterocycles. The highest BCUT2D eigenvalue weighted by atomic mass is 16.6. The number of hydrogen-bond acceptors (Lipinski definition) is 6. The summed E-state index contributed by atoms with van der Waals surface area (Å²) in [5.41, 5.74) is 0.209. The molecule has 3 fully saturated rings. The molecule has 1 atom stereocenters. The summed E-state index contributed by atoms with van der Waals surface area (Å²) in [5, 5.41) is 0. The summed E-state index contributed by atoms with van der Waals surface area (Å²) in [7, 11) is 0. The number of benzene rings is 1. The van der Waals surface area contributed by atoms with Crippen molar-refractivity contribution in [2.24, 2.45) is 5.92 Å². The standard InChI is InChI=1S/C27H39N3O5/c1-27(2,3)35-26(33)30-14-4-6-23(30)25(32)29-17-15-28(16-18-29)13-5-19-34-22-11-9-21(10-12-22)24(31)20-7-8-20/h9-12,20,23H,4-8,13-19H2,1-3H3/t23-/m0/s1. The van der Waals surface area contributed by atoms with E-state index in [-0.39, 0.29) is 17.6 Å². The Morgan fingerprint density at radius 1 is 0.943 bits per heavy atom. The van der Waals surface area contributed by atoms with E-state index in [0.717, 1.165) is 56.6 Å². The first-order valence-electron chi connectivity index (χ1n) is 13.0. The topological polar surface area (TPSA) is 79.4 Å². The predicted molar refractivity (Wildman–Crippen MR) is 133 cm³/mol. The molecular formula is C27H39N3O5. The fourth-order valence-electron chi connectivity index (χ4n) is 4.74. The van der Waals surface area contributed by atoms with Crippen molar-refractivity contribution >= 4 is 17.8 Å². The average Bonchev–Trinajstić information content (AvgIpc) is 3.56. The summed E-state index contributed by atoms with van der Waals surface area (Å²) in [6, 6.07) is 7.07. The van der Waals surface area contributed by atoms with Gasteiger partial charge < -0.3 is 14.4 Å². The van der Waals surface area contributed by atoms with E-state index in [2.05, 4.69) is 4.90 Å². The van der Waals surface area contributed by atoms with Crippen LogP contribution in [0.2, 0.25) is 0 Å². The van der Waals surface area contributed by atoms with Gasteiger partial charge in [0, 0.05) is 50.7 Å². The number of Topliss-reactive ketones (excluding diaryl/α,β-unsaturated/α-hetero) is 1. The minimum absolute atomic E-state index is 0.0416. The van der Waals surface area contributed by atoms with Crippen LogP contribution in [0.25, 0.3) is 0 Å². The molecule has 8 nitrogen and oxygen atoms in total. The second-order valence-corrected chi connectivity index (χ2v) is 10.9. The van der Waals surface area contributed by atoms with Crippen LogP contribution in [0, 0.1) is 5.92 Å². The highest BCUT2D eigenvalue weighted by Gasteiger charge is 2.39. The number of rotatable bonds is 8. The molecule has 8 heteroatoms. The van der Waals surface area contributed by atoms with Gasteiger partial charge in [-0.2, -0.15) is 0 Å². The van der Waals surface area contributed by atoms with Crippen LogP contribution in [0.4, 0.5) is 4.79 Å². The lowest BCUT2D eigenvalue weighted by atomic mass is 10.1. The van der Waals surface area contributed by atoms with Gasteiger partial charge in [-0.05, 0) is 77.1 Å². The number of amides is 2. The number of ketones is 1. The van der Waals surface area contributed by atoms with Crippen LogP contribution < -0.4 is 4.74 Å². The molecular weight excluding hydrogens is 446 g/mol. The lowest BCUT2D eigenvalue weighted by Crippen LogP contribution is -2.54. The minimum Gasteiger partial charge on any atom is -0.494 e. The second kappa shape index (κ2) is 11.0. The molecule has 1 aromatic carbocycles. The first kappa shape index (κ1) is 25.5. The first-order valence-corrected chi connectivity index (χ1v) is 13.0. The highest BCUT2D eigenvalue weighted by Crippen LogP contribution is 2.33. The van der Waals surface area contributed by atoms with Gasteiger partial charge in [-0.1, -0.05) is 0 Å². The molecule has 2 amide bonds. The van der Waals surface area contributed by atoms with E-state index >= 15 is 0 Å². The SMILES string of the molecule is CC(C)(C)OC(=O)N1CCC[C@H]1C(=O)N1CCN(CCCOc2ccc(C(=O)C3CC3)cc2)CC1. The van der Waals surface area contributed by atoms with Crippen LogP contribution in [0.15, 0.2) is 24.3 Å². The summed E-state index contributed by atoms with van der Waals surface area (Å²) in [6.45, 7) is 10.6. The van der Waals surface area contributed by atoms with Crippen molar-refractivity contribution in [2.75, 3.05) is 45.9 Å². The molecule has 2 saturated heterocycles. The molecule has 0 bridgehead atoms. The van der Waals surface area contributed by atoms with E-state index in [9.17, 15) is 14.4 Å². The molecule has 1 aromatic rings. The molecule has 35 heavy (non-hydrogen) atoms. The first-order chi connectivity index (χ1) is 16.7. The van der Waals surface area contributed by atoms with Crippen LogP contribution >= 0.6 is 0 Å². The van der Waals surface area contributed by atoms with Crippen molar-refractivity contribution < 1.29 is 23.9 Å². The van der Waals surface area contributed by atoms with Gasteiger partial charge in [0.2, 0.25) is 5.91 Å². The Bertz CT molecular complexity index is 898. The van der Waals surface area contributed by atoms with E-state index in [1.54, 1.807) is 4.90 Å². The minimum atomic E-state index is -0.568. The zero-order chi connectivity index (χ0) is 25.0.